The Morgan fingerprint density at radius 3 is 2.12 bits per heavy atom. The van der Waals surface area contributed by atoms with Crippen molar-refractivity contribution in [3.05, 3.63) is 33.9 Å². The zero-order valence-electron chi connectivity index (χ0n) is 23.7. The van der Waals surface area contributed by atoms with Gasteiger partial charge in [-0.3, -0.25) is 4.79 Å². The van der Waals surface area contributed by atoms with Gasteiger partial charge in [0.05, 0.1) is 18.0 Å². The third-order valence-corrected chi connectivity index (χ3v) is 8.02. The minimum atomic E-state index is -1.57. The van der Waals surface area contributed by atoms with E-state index in [0.717, 1.165) is 57.3 Å². The number of amides is 1. The van der Waals surface area contributed by atoms with Crippen LogP contribution >= 0.6 is 0 Å². The Hall–Kier alpha value is -3.34. The number of anilines is 1. The molecule has 0 bridgehead atoms. The molecule has 11 heteroatoms. The first-order valence-electron chi connectivity index (χ1n) is 14.1. The van der Waals surface area contributed by atoms with Crippen LogP contribution in [0.5, 0.6) is 5.75 Å². The molecule has 3 fully saturated rings. The van der Waals surface area contributed by atoms with Gasteiger partial charge in [0.25, 0.3) is 0 Å². The molecule has 0 radical (unpaired) electrons. The van der Waals surface area contributed by atoms with Crippen LogP contribution in [0, 0.1) is 5.95 Å². The smallest absolute Gasteiger partial charge is 0.410 e. The lowest BCUT2D eigenvalue weighted by atomic mass is 9.99. The summed E-state index contributed by atoms with van der Waals surface area (Å²) < 4.78 is 27.7. The molecule has 1 amide bonds. The summed E-state index contributed by atoms with van der Waals surface area (Å²) >= 11 is 0. The van der Waals surface area contributed by atoms with E-state index in [1.54, 1.807) is 17.0 Å². The van der Waals surface area contributed by atoms with Crippen molar-refractivity contribution in [1.29, 1.82) is 0 Å². The summed E-state index contributed by atoms with van der Waals surface area (Å²) in [5, 5.41) is 13.4. The molecule has 218 valence electrons. The Bertz CT molecular complexity index is 1350. The number of methoxy groups -OCH3 is 1. The SMILES string of the molecule is COc1cc(N2CCC(NC3CCN(C(=O)OC(C)(C)C)CC3)CC2)cc2c1c(=O)c(C(=O)O)c(F)n2C1CC1. The number of hydrogen-bond acceptors (Lipinski definition) is 7. The monoisotopic (exact) mass is 558 g/mol. The van der Waals surface area contributed by atoms with Gasteiger partial charge in [-0.1, -0.05) is 0 Å². The van der Waals surface area contributed by atoms with Gasteiger partial charge in [0.2, 0.25) is 11.4 Å². The number of nitrogens with zero attached hydrogens (tertiary/aromatic N) is 3. The summed E-state index contributed by atoms with van der Waals surface area (Å²) in [6.45, 7) is 8.51. The Morgan fingerprint density at radius 2 is 1.60 bits per heavy atom. The molecule has 0 spiro atoms. The first kappa shape index (κ1) is 28.2. The second-order valence-corrected chi connectivity index (χ2v) is 12.1. The quantitative estimate of drug-likeness (QED) is 0.509. The maximum absolute atomic E-state index is 15.3. The Labute approximate surface area is 233 Å². The van der Waals surface area contributed by atoms with Crippen LogP contribution in [0.25, 0.3) is 10.9 Å². The van der Waals surface area contributed by atoms with Gasteiger partial charge in [-0.05, 0) is 65.4 Å². The van der Waals surface area contributed by atoms with Crippen LogP contribution < -0.4 is 20.4 Å². The van der Waals surface area contributed by atoms with Gasteiger partial charge in [0.1, 0.15) is 11.4 Å². The average Bonchev–Trinajstić information content (AvgIpc) is 3.73. The fourth-order valence-corrected chi connectivity index (χ4v) is 5.86. The number of pyridine rings is 1. The van der Waals surface area contributed by atoms with Gasteiger partial charge < -0.3 is 34.3 Å². The lowest BCUT2D eigenvalue weighted by Gasteiger charge is -2.38. The number of fused-ring (bicyclic) bond motifs is 1. The summed E-state index contributed by atoms with van der Waals surface area (Å²) in [7, 11) is 1.44. The summed E-state index contributed by atoms with van der Waals surface area (Å²) in [6.07, 6.45) is 4.79. The number of carboxylic acid groups (broad SMARTS) is 1. The molecular formula is C29H39FN4O6. The van der Waals surface area contributed by atoms with Crippen molar-refractivity contribution in [2.45, 2.75) is 83.0 Å². The molecule has 0 unspecified atom stereocenters. The zero-order valence-corrected chi connectivity index (χ0v) is 23.7. The number of aromatic carboxylic acids is 1. The number of carbonyl (C=O) groups is 2. The third-order valence-electron chi connectivity index (χ3n) is 8.02. The van der Waals surface area contributed by atoms with Crippen LogP contribution in [-0.4, -0.2) is 77.6 Å². The van der Waals surface area contributed by atoms with Gasteiger partial charge in [0, 0.05) is 56.1 Å². The van der Waals surface area contributed by atoms with Crippen LogP contribution in [0.1, 0.15) is 75.7 Å². The fourth-order valence-electron chi connectivity index (χ4n) is 5.86. The normalized spacial score (nSPS) is 19.2. The first-order valence-corrected chi connectivity index (χ1v) is 14.1. The Balaban J connectivity index is 1.27. The van der Waals surface area contributed by atoms with Crippen LogP contribution in [0.3, 0.4) is 0 Å². The van der Waals surface area contributed by atoms with Crippen molar-refractivity contribution in [3.8, 4) is 5.75 Å². The summed E-state index contributed by atoms with van der Waals surface area (Å²) in [5.41, 5.74) is -0.999. The van der Waals surface area contributed by atoms with E-state index in [-0.39, 0.29) is 23.3 Å². The largest absolute Gasteiger partial charge is 0.496 e. The lowest BCUT2D eigenvalue weighted by Crippen LogP contribution is -2.51. The maximum Gasteiger partial charge on any atom is 0.410 e. The van der Waals surface area contributed by atoms with Crippen molar-refractivity contribution in [2.75, 3.05) is 38.2 Å². The lowest BCUT2D eigenvalue weighted by molar-refractivity contribution is 0.0194. The second-order valence-electron chi connectivity index (χ2n) is 12.1. The van der Waals surface area contributed by atoms with E-state index in [0.29, 0.717) is 30.7 Å². The predicted octanol–water partition coefficient (Wildman–Crippen LogP) is 4.14. The Kier molecular flexibility index (Phi) is 7.69. The molecule has 1 saturated carbocycles. The maximum atomic E-state index is 15.3. The fraction of sp³-hybridized carbons (Fsp3) is 0.621. The number of ether oxygens (including phenoxy) is 2. The van der Waals surface area contributed by atoms with Crippen molar-refractivity contribution in [3.63, 3.8) is 0 Å². The molecular weight excluding hydrogens is 519 g/mol. The molecule has 40 heavy (non-hydrogen) atoms. The zero-order chi connectivity index (χ0) is 28.8. The first-order chi connectivity index (χ1) is 19.0. The molecule has 1 aliphatic carbocycles. The number of aromatic nitrogens is 1. The number of carboxylic acids is 1. The molecule has 2 aliphatic heterocycles. The van der Waals surface area contributed by atoms with Crippen molar-refractivity contribution >= 4 is 28.7 Å². The van der Waals surface area contributed by atoms with Gasteiger partial charge in [-0.25, -0.2) is 9.59 Å². The molecule has 2 saturated heterocycles. The second kappa shape index (κ2) is 10.9. The van der Waals surface area contributed by atoms with Gasteiger partial charge in [0.15, 0.2) is 5.56 Å². The van der Waals surface area contributed by atoms with E-state index in [1.807, 2.05) is 20.8 Å². The number of nitrogens with one attached hydrogen (secondary N) is 1. The standard InChI is InChI=1S/C29H39FN4O6/c1-29(2,3)40-28(38)33-13-9-18(10-14-33)31-17-7-11-32(12-8-17)20-15-21-23(22(16-20)39-4)25(35)24(27(36)37)26(30)34(21)19-5-6-19/h15-19,31H,5-14H2,1-4H3,(H,36,37). The van der Waals surface area contributed by atoms with Crippen molar-refractivity contribution < 1.29 is 28.6 Å². The van der Waals surface area contributed by atoms with Crippen molar-refractivity contribution in [1.82, 2.24) is 14.8 Å². The highest BCUT2D eigenvalue weighted by Crippen LogP contribution is 2.41. The van der Waals surface area contributed by atoms with E-state index >= 15 is 4.39 Å². The highest BCUT2D eigenvalue weighted by Gasteiger charge is 2.34. The molecule has 2 aromatic rings. The van der Waals surface area contributed by atoms with Crippen LogP contribution in [-0.2, 0) is 4.74 Å². The van der Waals surface area contributed by atoms with E-state index < -0.39 is 28.5 Å². The van der Waals surface area contributed by atoms with Gasteiger partial charge in [-0.2, -0.15) is 4.39 Å². The third kappa shape index (κ3) is 5.75. The van der Waals surface area contributed by atoms with Gasteiger partial charge >= 0.3 is 12.1 Å². The van der Waals surface area contributed by atoms with Crippen molar-refractivity contribution in [2.24, 2.45) is 0 Å². The number of benzene rings is 1. The molecule has 1 aromatic heterocycles. The van der Waals surface area contributed by atoms with E-state index in [1.165, 1.54) is 11.7 Å². The molecule has 0 atom stereocenters. The van der Waals surface area contributed by atoms with E-state index in [2.05, 4.69) is 10.2 Å². The highest BCUT2D eigenvalue weighted by atomic mass is 19.1. The minimum absolute atomic E-state index is 0.103. The number of piperidine rings is 2. The number of rotatable bonds is 6. The molecule has 5 rings (SSSR count). The topological polar surface area (TPSA) is 113 Å². The van der Waals surface area contributed by atoms with Crippen LogP contribution in [0.4, 0.5) is 14.9 Å². The molecule has 1 aromatic carbocycles. The molecule has 3 aliphatic rings. The number of hydrogen-bond donors (Lipinski definition) is 2. The number of carbonyl (C=O) groups excluding carboxylic acids is 1. The molecule has 3 heterocycles. The Morgan fingerprint density at radius 1 is 1.00 bits per heavy atom. The minimum Gasteiger partial charge on any atom is -0.496 e. The average molecular weight is 559 g/mol. The van der Waals surface area contributed by atoms with Crippen LogP contribution in [0.2, 0.25) is 0 Å². The summed E-state index contributed by atoms with van der Waals surface area (Å²) in [4.78, 5) is 41.1. The number of likely N-dealkylation sites (tertiary alicyclic amines) is 1. The van der Waals surface area contributed by atoms with E-state index in [4.69, 9.17) is 9.47 Å². The molecule has 2 N–H and O–H groups in total. The number of halogens is 1. The molecule has 10 nitrogen and oxygen atoms in total. The summed E-state index contributed by atoms with van der Waals surface area (Å²) in [6, 6.07) is 4.07. The van der Waals surface area contributed by atoms with Gasteiger partial charge in [-0.15, -0.1) is 0 Å². The summed E-state index contributed by atoms with van der Waals surface area (Å²) in [5.74, 6) is -2.31. The van der Waals surface area contributed by atoms with Crippen LogP contribution in [0.15, 0.2) is 16.9 Å². The predicted molar refractivity (Wildman–Crippen MR) is 149 cm³/mol. The van der Waals surface area contributed by atoms with E-state index in [9.17, 15) is 19.5 Å². The highest BCUT2D eigenvalue weighted by molar-refractivity contribution is 5.96.